The number of benzene rings is 1. The van der Waals surface area contributed by atoms with Crippen molar-refractivity contribution in [1.82, 2.24) is 0 Å². The number of hydrogen-bond acceptors (Lipinski definition) is 2. The number of nitrogen functional groups attached to an aromatic ring is 1. The van der Waals surface area contributed by atoms with Crippen molar-refractivity contribution in [2.24, 2.45) is 21.7 Å². The minimum absolute atomic E-state index is 0.0960. The number of anilines is 1. The number of hydrogen-bond donors (Lipinski definition) is 1. The molecule has 3 aliphatic rings. The van der Waals surface area contributed by atoms with Crippen LogP contribution in [-0.2, 0) is 12.8 Å². The van der Waals surface area contributed by atoms with Gasteiger partial charge in [0.1, 0.15) is 0 Å². The second-order valence-corrected chi connectivity index (χ2v) is 20.3. The zero-order valence-electron chi connectivity index (χ0n) is 37.6. The molecule has 2 N–H and O–H groups in total. The van der Waals surface area contributed by atoms with E-state index in [2.05, 4.69) is 87.4 Å². The minimum Gasteiger partial charge on any atom is -0.399 e. The predicted octanol–water partition coefficient (Wildman–Crippen LogP) is 16.5. The molecule has 302 valence electrons. The molecule has 4 rings (SSSR count). The zero-order chi connectivity index (χ0) is 39.7. The molecule has 2 nitrogen and oxygen atoms in total. The van der Waals surface area contributed by atoms with Gasteiger partial charge in [-0.2, -0.15) is 5.26 Å². The largest absolute Gasteiger partial charge is 0.399 e. The summed E-state index contributed by atoms with van der Waals surface area (Å²) in [6, 6.07) is 7.15. The van der Waals surface area contributed by atoms with Crippen LogP contribution in [0.5, 0.6) is 0 Å². The van der Waals surface area contributed by atoms with Gasteiger partial charge in [0.25, 0.3) is 0 Å². The maximum absolute atomic E-state index is 9.20. The van der Waals surface area contributed by atoms with Gasteiger partial charge in [0, 0.05) is 5.69 Å². The highest BCUT2D eigenvalue weighted by atomic mass is 14.6. The summed E-state index contributed by atoms with van der Waals surface area (Å²) < 4.78 is 0. The third-order valence-electron chi connectivity index (χ3n) is 12.7. The smallest absolute Gasteiger partial charge is 0.0689 e. The van der Waals surface area contributed by atoms with Crippen molar-refractivity contribution in [3.63, 3.8) is 0 Å². The SMILES string of the molecule is CC.CC1=C(C)C(CCCCC(C)(C)C)=C(CCCCCC2(C#N)CC2)CC1.Cc1cc(CCCCC(C)(C)C)c(CCCCCC2(C)CC2)cc1N. The Hall–Kier alpha value is -2.01. The first-order valence-corrected chi connectivity index (χ1v) is 22.6. The molecule has 0 radical (unpaired) electrons. The van der Waals surface area contributed by atoms with E-state index < -0.39 is 0 Å². The van der Waals surface area contributed by atoms with E-state index in [1.54, 1.807) is 27.9 Å². The van der Waals surface area contributed by atoms with Crippen LogP contribution in [0.4, 0.5) is 5.69 Å². The van der Waals surface area contributed by atoms with Gasteiger partial charge < -0.3 is 5.73 Å². The topological polar surface area (TPSA) is 49.8 Å². The molecule has 0 spiro atoms. The van der Waals surface area contributed by atoms with Gasteiger partial charge in [-0.15, -0.1) is 0 Å². The highest BCUT2D eigenvalue weighted by Crippen LogP contribution is 2.50. The molecular formula is C51H88N2. The Morgan fingerprint density at radius 1 is 0.642 bits per heavy atom. The average molecular weight is 729 g/mol. The molecule has 2 heteroatoms. The van der Waals surface area contributed by atoms with Crippen molar-refractivity contribution in [2.75, 3.05) is 5.73 Å². The van der Waals surface area contributed by atoms with Crippen LogP contribution in [0.25, 0.3) is 0 Å². The molecular weight excluding hydrogens is 641 g/mol. The fraction of sp³-hybridized carbons (Fsp3) is 0.784. The summed E-state index contributed by atoms with van der Waals surface area (Å²) in [4.78, 5) is 0. The van der Waals surface area contributed by atoms with Gasteiger partial charge in [0.2, 0.25) is 0 Å². The Morgan fingerprint density at radius 3 is 1.68 bits per heavy atom. The Kier molecular flexibility index (Phi) is 20.0. The molecule has 0 amide bonds. The van der Waals surface area contributed by atoms with Gasteiger partial charge in [0.05, 0.1) is 11.5 Å². The average Bonchev–Trinajstić information content (AvgIpc) is 4.03. The maximum Gasteiger partial charge on any atom is 0.0689 e. The molecule has 2 saturated carbocycles. The molecule has 0 unspecified atom stereocenters. The predicted molar refractivity (Wildman–Crippen MR) is 236 cm³/mol. The molecule has 0 aliphatic heterocycles. The van der Waals surface area contributed by atoms with Crippen LogP contribution < -0.4 is 5.73 Å². The van der Waals surface area contributed by atoms with E-state index in [9.17, 15) is 5.26 Å². The van der Waals surface area contributed by atoms with Crippen molar-refractivity contribution in [2.45, 2.75) is 237 Å². The van der Waals surface area contributed by atoms with Gasteiger partial charge in [-0.05, 0) is 186 Å². The van der Waals surface area contributed by atoms with Gasteiger partial charge in [0.15, 0.2) is 0 Å². The summed E-state index contributed by atoms with van der Waals surface area (Å²) in [6.07, 6.45) is 31.2. The molecule has 1 aromatic rings. The van der Waals surface area contributed by atoms with Gasteiger partial charge in [-0.3, -0.25) is 0 Å². The van der Waals surface area contributed by atoms with E-state index >= 15 is 0 Å². The van der Waals surface area contributed by atoms with Crippen LogP contribution in [0.2, 0.25) is 0 Å². The third-order valence-corrected chi connectivity index (χ3v) is 12.7. The summed E-state index contributed by atoms with van der Waals surface area (Å²) in [5, 5.41) is 9.20. The van der Waals surface area contributed by atoms with Crippen LogP contribution in [-0.4, -0.2) is 0 Å². The van der Waals surface area contributed by atoms with Crippen molar-refractivity contribution in [1.29, 1.82) is 5.26 Å². The third kappa shape index (κ3) is 18.9. The number of allylic oxidation sites excluding steroid dienone is 4. The summed E-state index contributed by atoms with van der Waals surface area (Å²) in [5.41, 5.74) is 19.9. The number of nitrogens with zero attached hydrogens (tertiary/aromatic N) is 1. The Bertz CT molecular complexity index is 1330. The van der Waals surface area contributed by atoms with Crippen LogP contribution in [0, 0.1) is 39.9 Å². The monoisotopic (exact) mass is 729 g/mol. The minimum atomic E-state index is 0.0960. The first kappa shape index (κ1) is 47.1. The van der Waals surface area contributed by atoms with E-state index in [1.807, 2.05) is 13.8 Å². The fourth-order valence-corrected chi connectivity index (χ4v) is 8.12. The first-order chi connectivity index (χ1) is 24.9. The summed E-state index contributed by atoms with van der Waals surface area (Å²) in [7, 11) is 0. The second-order valence-electron chi connectivity index (χ2n) is 20.3. The molecule has 0 saturated heterocycles. The molecule has 3 aliphatic carbocycles. The van der Waals surface area contributed by atoms with Crippen molar-refractivity contribution in [3.8, 4) is 6.07 Å². The fourth-order valence-electron chi connectivity index (χ4n) is 8.12. The van der Waals surface area contributed by atoms with E-state index in [4.69, 9.17) is 5.73 Å². The standard InChI is InChI=1S/C25H41N.C24H41N.C2H6/c1-20-13-14-22(11-7-6-9-16-25(19-26)17-18-25)23(21(20)2)12-8-10-15-24(3,4)5;1-19-17-20(12-8-10-13-23(2,3)4)21(18-22(19)25)11-7-6-9-14-24(5)15-16-24;1-2/h6-18H2,1-5H3;17-18H,6-16,25H2,1-5H3;1-2H3. The molecule has 0 aromatic heterocycles. The van der Waals surface area contributed by atoms with Crippen molar-refractivity contribution < 1.29 is 0 Å². The van der Waals surface area contributed by atoms with Crippen LogP contribution in [0.3, 0.4) is 0 Å². The Morgan fingerprint density at radius 2 is 1.15 bits per heavy atom. The molecule has 0 bridgehead atoms. The van der Waals surface area contributed by atoms with Crippen LogP contribution in [0.1, 0.15) is 234 Å². The van der Waals surface area contributed by atoms with E-state index in [0.717, 1.165) is 24.9 Å². The van der Waals surface area contributed by atoms with E-state index in [1.165, 1.54) is 146 Å². The van der Waals surface area contributed by atoms with E-state index in [0.29, 0.717) is 16.2 Å². The number of unbranched alkanes of at least 4 members (excludes halogenated alkanes) is 6. The summed E-state index contributed by atoms with van der Waals surface area (Å²) in [6.45, 7) is 27.4. The summed E-state index contributed by atoms with van der Waals surface area (Å²) >= 11 is 0. The zero-order valence-corrected chi connectivity index (χ0v) is 37.6. The van der Waals surface area contributed by atoms with Crippen molar-refractivity contribution >= 4 is 5.69 Å². The Labute approximate surface area is 331 Å². The first-order valence-electron chi connectivity index (χ1n) is 22.6. The van der Waals surface area contributed by atoms with Crippen LogP contribution >= 0.6 is 0 Å². The lowest BCUT2D eigenvalue weighted by Crippen LogP contribution is -2.06. The van der Waals surface area contributed by atoms with Gasteiger partial charge >= 0.3 is 0 Å². The lowest BCUT2D eigenvalue weighted by molar-refractivity contribution is 0.360. The second kappa shape index (κ2) is 22.5. The number of rotatable bonds is 20. The molecule has 0 heterocycles. The highest BCUT2D eigenvalue weighted by Gasteiger charge is 2.42. The quantitative estimate of drug-likeness (QED) is 0.107. The molecule has 53 heavy (non-hydrogen) atoms. The van der Waals surface area contributed by atoms with Gasteiger partial charge in [-0.25, -0.2) is 0 Å². The maximum atomic E-state index is 9.20. The van der Waals surface area contributed by atoms with Crippen molar-refractivity contribution in [3.05, 3.63) is 51.1 Å². The number of aryl methyl sites for hydroxylation is 3. The highest BCUT2D eigenvalue weighted by molar-refractivity contribution is 5.51. The lowest BCUT2D eigenvalue weighted by atomic mass is 9.81. The van der Waals surface area contributed by atoms with Gasteiger partial charge in [-0.1, -0.05) is 118 Å². The normalized spacial score (nSPS) is 17.4. The van der Waals surface area contributed by atoms with E-state index in [-0.39, 0.29) is 5.41 Å². The molecule has 0 atom stereocenters. The summed E-state index contributed by atoms with van der Waals surface area (Å²) in [5.74, 6) is 0. The molecule has 1 aromatic carbocycles. The molecule has 2 fully saturated rings. The van der Waals surface area contributed by atoms with Crippen LogP contribution in [0.15, 0.2) is 34.4 Å². The lowest BCUT2D eigenvalue weighted by Gasteiger charge is -2.24. The Balaban J connectivity index is 0.000000351. The number of nitriles is 1. The number of nitrogens with two attached hydrogens (primary N) is 1.